The topological polar surface area (TPSA) is 129 Å². The lowest BCUT2D eigenvalue weighted by Crippen LogP contribution is -2.59. The van der Waals surface area contributed by atoms with E-state index in [4.69, 9.17) is 42.9 Å². The Hall–Kier alpha value is -3.01. The number of methoxy groups -OCH3 is 3. The van der Waals surface area contributed by atoms with Gasteiger partial charge in [-0.25, -0.2) is 4.98 Å². The second-order valence-electron chi connectivity index (χ2n) is 19.3. The number of carbonyl (C=O) groups excluding carboxylic acids is 2. The minimum absolute atomic E-state index is 0.00661. The van der Waals surface area contributed by atoms with Crippen molar-refractivity contribution in [3.05, 3.63) is 53.4 Å². The Morgan fingerprint density at radius 2 is 1.59 bits per heavy atom. The van der Waals surface area contributed by atoms with Gasteiger partial charge in [0.2, 0.25) is 0 Å². The molecule has 348 valence electrons. The van der Waals surface area contributed by atoms with Crippen LogP contribution in [0.1, 0.15) is 116 Å². The minimum atomic E-state index is -0.666. The van der Waals surface area contributed by atoms with Crippen molar-refractivity contribution < 1.29 is 47.5 Å². The van der Waals surface area contributed by atoms with E-state index in [1.807, 2.05) is 32.0 Å². The lowest BCUT2D eigenvalue weighted by atomic mass is 9.66. The molecule has 0 N–H and O–H groups in total. The number of hydrogen-bond acceptors (Lipinski definition) is 12. The maximum absolute atomic E-state index is 15.3. The van der Waals surface area contributed by atoms with Crippen LogP contribution < -0.4 is 0 Å². The van der Waals surface area contributed by atoms with Crippen LogP contribution in [0.3, 0.4) is 0 Å². The summed E-state index contributed by atoms with van der Waals surface area (Å²) in [6.07, 6.45) is 5.22. The Morgan fingerprint density at radius 1 is 0.841 bits per heavy atom. The number of ether oxygens (including phenoxy) is 8. The number of nitrogens with zero attached hydrogens (tertiary/aromatic N) is 3. The van der Waals surface area contributed by atoms with Crippen LogP contribution in [0.5, 0.6) is 0 Å². The first-order valence-electron chi connectivity index (χ1n) is 23.9. The molecule has 0 amide bonds. The van der Waals surface area contributed by atoms with Gasteiger partial charge in [-0.3, -0.25) is 9.59 Å². The Morgan fingerprint density at radius 3 is 2.25 bits per heavy atom. The molecular weight excluding hydrogens is 803 g/mol. The van der Waals surface area contributed by atoms with E-state index in [1.54, 1.807) is 21.3 Å². The lowest BCUT2D eigenvalue weighted by Gasteiger charge is -2.44. The Kier molecular flexibility index (Phi) is 14.7. The molecule has 3 aliphatic heterocycles. The SMILES string of the molecule is CC[C@H]1CCC[C@H](O[C@H]2CC[C@H](N(C)C)C(C)O2)[C@@H](C)C(=O)C2=C[C@H]3[C@@H]4C[C@H](O[C@@H]5OC(C)[C@H](OC)C(OC)[C@@H]5OC)C[C@H]4c4c(nc(-c5ccccc5)n4CC)[C@H]3[C@@H]2CC(=O)O1. The quantitative estimate of drug-likeness (QED) is 0.208. The number of likely N-dealkylation sites (N-methyl/N-ethyl adjacent to an activating group) is 1. The lowest BCUT2D eigenvalue weighted by molar-refractivity contribution is -0.314. The van der Waals surface area contributed by atoms with Gasteiger partial charge in [0.05, 0.1) is 36.5 Å². The summed E-state index contributed by atoms with van der Waals surface area (Å²) in [6.45, 7) is 11.1. The molecule has 3 saturated heterocycles. The van der Waals surface area contributed by atoms with Crippen LogP contribution in [0.2, 0.25) is 0 Å². The van der Waals surface area contributed by atoms with E-state index in [0.717, 1.165) is 62.2 Å². The first-order valence-corrected chi connectivity index (χ1v) is 23.9. The van der Waals surface area contributed by atoms with Crippen molar-refractivity contribution >= 4 is 11.8 Å². The number of carbonyl (C=O) groups is 2. The number of fused-ring (bicyclic) bond motifs is 8. The molecular formula is C50H73N3O10. The van der Waals surface area contributed by atoms with Gasteiger partial charge < -0.3 is 47.4 Å². The molecule has 8 rings (SSSR count). The van der Waals surface area contributed by atoms with Gasteiger partial charge in [-0.2, -0.15) is 0 Å². The number of hydrogen-bond donors (Lipinski definition) is 0. The zero-order valence-corrected chi connectivity index (χ0v) is 39.3. The van der Waals surface area contributed by atoms with E-state index in [2.05, 4.69) is 62.5 Å². The van der Waals surface area contributed by atoms with Crippen LogP contribution in [-0.2, 0) is 54.0 Å². The fourth-order valence-corrected chi connectivity index (χ4v) is 12.5. The monoisotopic (exact) mass is 876 g/mol. The van der Waals surface area contributed by atoms with Gasteiger partial charge in [-0.15, -0.1) is 0 Å². The second-order valence-corrected chi connectivity index (χ2v) is 19.3. The third kappa shape index (κ3) is 8.99. The van der Waals surface area contributed by atoms with E-state index in [0.29, 0.717) is 24.5 Å². The average molecular weight is 876 g/mol. The third-order valence-electron chi connectivity index (χ3n) is 15.6. The minimum Gasteiger partial charge on any atom is -0.462 e. The van der Waals surface area contributed by atoms with Gasteiger partial charge in [-0.05, 0) is 104 Å². The summed E-state index contributed by atoms with van der Waals surface area (Å²) in [5.74, 6) is -0.167. The van der Waals surface area contributed by atoms with Crippen LogP contribution in [0.4, 0.5) is 0 Å². The number of Topliss-reactive ketones (excluding diaryl/α,β-unsaturated/α-hetero) is 1. The molecule has 1 aromatic heterocycles. The largest absolute Gasteiger partial charge is 0.462 e. The maximum Gasteiger partial charge on any atom is 0.306 e. The number of benzene rings is 1. The summed E-state index contributed by atoms with van der Waals surface area (Å²) in [5, 5.41) is 0. The summed E-state index contributed by atoms with van der Waals surface area (Å²) < 4.78 is 53.2. The van der Waals surface area contributed by atoms with E-state index >= 15 is 4.79 Å². The zero-order chi connectivity index (χ0) is 44.7. The summed E-state index contributed by atoms with van der Waals surface area (Å²) >= 11 is 0. The molecule has 3 aliphatic carbocycles. The van der Waals surface area contributed by atoms with Gasteiger partial charge in [0, 0.05) is 68.8 Å². The number of aromatic nitrogens is 2. The highest BCUT2D eigenvalue weighted by molar-refractivity contribution is 5.99. The van der Waals surface area contributed by atoms with Gasteiger partial charge in [0.15, 0.2) is 18.4 Å². The van der Waals surface area contributed by atoms with Crippen molar-refractivity contribution in [1.29, 1.82) is 0 Å². The smallest absolute Gasteiger partial charge is 0.306 e. The van der Waals surface area contributed by atoms with Crippen molar-refractivity contribution in [1.82, 2.24) is 14.5 Å². The normalized spacial score (nSPS) is 39.7. The molecule has 63 heavy (non-hydrogen) atoms. The van der Waals surface area contributed by atoms with Crippen LogP contribution in [0, 0.1) is 23.7 Å². The molecule has 4 fully saturated rings. The number of esters is 1. The van der Waals surface area contributed by atoms with Crippen molar-refractivity contribution in [3.63, 3.8) is 0 Å². The first-order chi connectivity index (χ1) is 30.4. The molecule has 0 bridgehead atoms. The van der Waals surface area contributed by atoms with E-state index in [1.165, 1.54) is 5.69 Å². The number of cyclic esters (lactones) is 1. The van der Waals surface area contributed by atoms with E-state index in [9.17, 15) is 4.79 Å². The fourth-order valence-electron chi connectivity index (χ4n) is 12.5. The molecule has 0 spiro atoms. The Balaban J connectivity index is 1.17. The van der Waals surface area contributed by atoms with Crippen molar-refractivity contribution in [2.75, 3.05) is 35.4 Å². The van der Waals surface area contributed by atoms with Crippen molar-refractivity contribution in [2.45, 2.75) is 178 Å². The summed E-state index contributed by atoms with van der Waals surface area (Å²) in [7, 11) is 9.18. The highest BCUT2D eigenvalue weighted by Crippen LogP contribution is 2.62. The van der Waals surface area contributed by atoms with E-state index < -0.39 is 24.2 Å². The van der Waals surface area contributed by atoms with Crippen LogP contribution >= 0.6 is 0 Å². The van der Waals surface area contributed by atoms with Crippen molar-refractivity contribution in [2.24, 2.45) is 23.7 Å². The standard InChI is InChI=1S/C50H73N3O10/c1-11-31-19-16-20-39(63-41-22-21-38(52(6)7)28(4)59-41)27(3)45(55)37-25-34-33-23-32(62-50-48(58-10)47(57-9)46(56-8)29(5)60-50)24-36(33)44-43(42(34)35(37)26-40(54)61-31)51-49(53(44)12-2)30-17-14-13-15-18-30/h13-15,17-18,25,27-29,31-36,38-39,41-42,46-48,50H,11-12,16,19-24,26H2,1-10H3/t27-,28?,29?,31+,32+,33+,34+,35-,36-,38+,39+,41+,42-,46+,47?,48+,50+/m1/s1. The van der Waals surface area contributed by atoms with Crippen LogP contribution in [0.25, 0.3) is 11.4 Å². The van der Waals surface area contributed by atoms with Crippen molar-refractivity contribution in [3.8, 4) is 11.4 Å². The zero-order valence-electron chi connectivity index (χ0n) is 39.3. The fraction of sp³-hybridized carbons (Fsp3) is 0.740. The molecule has 4 heterocycles. The predicted molar refractivity (Wildman–Crippen MR) is 237 cm³/mol. The molecule has 1 saturated carbocycles. The third-order valence-corrected chi connectivity index (χ3v) is 15.6. The molecule has 2 aromatic rings. The maximum atomic E-state index is 15.3. The summed E-state index contributed by atoms with van der Waals surface area (Å²) in [5.41, 5.74) is 3.92. The first kappa shape index (κ1) is 46.5. The number of imidazole rings is 1. The Bertz CT molecular complexity index is 1920. The van der Waals surface area contributed by atoms with Gasteiger partial charge in [0.1, 0.15) is 30.2 Å². The summed E-state index contributed by atoms with van der Waals surface area (Å²) in [4.78, 5) is 37.2. The molecule has 0 radical (unpaired) electrons. The number of ketones is 1. The molecule has 13 heteroatoms. The van der Waals surface area contributed by atoms with E-state index in [-0.39, 0.29) is 90.9 Å². The molecule has 1 aromatic carbocycles. The molecule has 13 nitrogen and oxygen atoms in total. The van der Waals surface area contributed by atoms with Crippen LogP contribution in [0.15, 0.2) is 42.0 Å². The molecule has 6 aliphatic rings. The highest BCUT2D eigenvalue weighted by Gasteiger charge is 2.57. The van der Waals surface area contributed by atoms with Gasteiger partial charge >= 0.3 is 5.97 Å². The number of allylic oxidation sites excluding steroid dienone is 2. The number of rotatable bonds is 11. The molecule has 17 atom stereocenters. The highest BCUT2D eigenvalue weighted by atomic mass is 16.7. The van der Waals surface area contributed by atoms with Gasteiger partial charge in [-0.1, -0.05) is 50.3 Å². The van der Waals surface area contributed by atoms with Gasteiger partial charge in [0.25, 0.3) is 0 Å². The Labute approximate surface area is 374 Å². The molecule has 3 unspecified atom stereocenters. The predicted octanol–water partition coefficient (Wildman–Crippen LogP) is 7.45. The summed E-state index contributed by atoms with van der Waals surface area (Å²) in [6, 6.07) is 10.7. The second kappa shape index (κ2) is 19.8. The van der Waals surface area contributed by atoms with Crippen LogP contribution in [-0.4, -0.2) is 129 Å². The average Bonchev–Trinajstić information content (AvgIpc) is 3.98.